The highest BCUT2D eigenvalue weighted by Gasteiger charge is 2.13. The van der Waals surface area contributed by atoms with Crippen LogP contribution in [0.2, 0.25) is 0 Å². The number of alkyl halides is 1. The van der Waals surface area contributed by atoms with Gasteiger partial charge in [0.15, 0.2) is 0 Å². The fraction of sp³-hybridized carbons (Fsp3) is 0.250. The first-order chi connectivity index (χ1) is 13.4. The second kappa shape index (κ2) is 8.86. The van der Waals surface area contributed by atoms with Crippen LogP contribution in [0.4, 0.5) is 0 Å². The summed E-state index contributed by atoms with van der Waals surface area (Å²) in [5.74, 6) is 0.930. The van der Waals surface area contributed by atoms with Crippen LogP contribution in [0, 0.1) is 6.92 Å². The normalized spacial score (nSPS) is 11.0. The first kappa shape index (κ1) is 20.5. The second-order valence-electron chi connectivity index (χ2n) is 7.19. The number of halogens is 1. The molecule has 0 bridgehead atoms. The molecule has 0 aliphatic rings. The van der Waals surface area contributed by atoms with E-state index in [1.807, 2.05) is 38.1 Å². The average molecular weight is 488 g/mol. The molecule has 0 saturated heterocycles. The highest BCUT2D eigenvalue weighted by molar-refractivity contribution is 14.1. The van der Waals surface area contributed by atoms with Crippen molar-refractivity contribution in [2.45, 2.75) is 37.5 Å². The molecule has 3 N–H and O–H groups in total. The summed E-state index contributed by atoms with van der Waals surface area (Å²) < 4.78 is 0.864. The van der Waals surface area contributed by atoms with Crippen LogP contribution in [0.25, 0.3) is 0 Å². The van der Waals surface area contributed by atoms with E-state index in [-0.39, 0.29) is 5.75 Å². The Hall–Kier alpha value is -2.21. The molecule has 0 saturated carbocycles. The Bertz CT molecular complexity index is 995. The maximum absolute atomic E-state index is 10.9. The van der Waals surface area contributed by atoms with Gasteiger partial charge in [0.25, 0.3) is 0 Å². The number of benzene rings is 3. The predicted octanol–water partition coefficient (Wildman–Crippen LogP) is 5.79. The number of hydrogen-bond acceptors (Lipinski definition) is 3. The molecule has 3 rings (SSSR count). The quantitative estimate of drug-likeness (QED) is 0.304. The van der Waals surface area contributed by atoms with E-state index in [4.69, 9.17) is 0 Å². The van der Waals surface area contributed by atoms with Crippen molar-refractivity contribution >= 4 is 22.6 Å². The van der Waals surface area contributed by atoms with E-state index in [1.54, 1.807) is 12.1 Å². The van der Waals surface area contributed by atoms with Crippen LogP contribution in [-0.2, 0) is 23.7 Å². The maximum Gasteiger partial charge on any atom is 0.122 e. The van der Waals surface area contributed by atoms with Gasteiger partial charge in [-0.2, -0.15) is 0 Å². The van der Waals surface area contributed by atoms with Gasteiger partial charge in [0, 0.05) is 17.3 Å². The lowest BCUT2D eigenvalue weighted by atomic mass is 9.94. The first-order valence-electron chi connectivity index (χ1n) is 9.40. The molecule has 0 radical (unpaired) electrons. The van der Waals surface area contributed by atoms with Crippen molar-refractivity contribution in [3.63, 3.8) is 0 Å². The minimum Gasteiger partial charge on any atom is -0.508 e. The fourth-order valence-corrected chi connectivity index (χ4v) is 3.92. The van der Waals surface area contributed by atoms with E-state index in [9.17, 15) is 15.3 Å². The van der Waals surface area contributed by atoms with Gasteiger partial charge in [-0.05, 0) is 64.4 Å². The lowest BCUT2D eigenvalue weighted by molar-refractivity contribution is 0.463. The summed E-state index contributed by atoms with van der Waals surface area (Å²) >= 11 is 2.34. The topological polar surface area (TPSA) is 60.7 Å². The molecule has 0 atom stereocenters. The van der Waals surface area contributed by atoms with E-state index in [2.05, 4.69) is 34.7 Å². The number of aromatic hydroxyl groups is 3. The van der Waals surface area contributed by atoms with Crippen molar-refractivity contribution in [3.05, 3.63) is 87.5 Å². The molecule has 4 heteroatoms. The van der Waals surface area contributed by atoms with Crippen LogP contribution in [0.15, 0.2) is 48.5 Å². The third-order valence-corrected chi connectivity index (χ3v) is 5.94. The third-order valence-electron chi connectivity index (χ3n) is 5.06. The molecule has 28 heavy (non-hydrogen) atoms. The van der Waals surface area contributed by atoms with Gasteiger partial charge >= 0.3 is 0 Å². The molecule has 3 aromatic carbocycles. The Balaban J connectivity index is 1.95. The zero-order valence-electron chi connectivity index (χ0n) is 16.2. The number of aryl methyl sites for hydroxylation is 2. The molecular formula is C24H25IO3. The van der Waals surface area contributed by atoms with Crippen molar-refractivity contribution < 1.29 is 15.3 Å². The molecule has 0 aliphatic carbocycles. The van der Waals surface area contributed by atoms with Crippen LogP contribution in [0.3, 0.4) is 0 Å². The summed E-state index contributed by atoms with van der Waals surface area (Å²) in [6.07, 6.45) is 2.00. The SMILES string of the molecule is CCc1cc(Cc2cc(CI)cc(Cc3ccc(O)c(C)c3)c2O)ccc1O. The third kappa shape index (κ3) is 4.61. The van der Waals surface area contributed by atoms with Crippen LogP contribution >= 0.6 is 22.6 Å². The second-order valence-corrected chi connectivity index (χ2v) is 7.95. The number of phenolic OH excluding ortho intramolecular Hbond substituents is 3. The molecule has 0 aromatic heterocycles. The minimum atomic E-state index is 0.286. The Kier molecular flexibility index (Phi) is 6.50. The summed E-state index contributed by atoms with van der Waals surface area (Å²) in [5, 5.41) is 30.6. The monoisotopic (exact) mass is 488 g/mol. The van der Waals surface area contributed by atoms with E-state index >= 15 is 0 Å². The Morgan fingerprint density at radius 1 is 0.714 bits per heavy atom. The molecule has 0 amide bonds. The van der Waals surface area contributed by atoms with E-state index in [0.717, 1.165) is 44.2 Å². The van der Waals surface area contributed by atoms with Crippen molar-refractivity contribution in [1.29, 1.82) is 0 Å². The Labute approximate surface area is 179 Å². The van der Waals surface area contributed by atoms with Crippen molar-refractivity contribution in [2.24, 2.45) is 0 Å². The van der Waals surface area contributed by atoms with Crippen molar-refractivity contribution in [1.82, 2.24) is 0 Å². The molecule has 0 fully saturated rings. The van der Waals surface area contributed by atoms with Crippen LogP contribution in [0.5, 0.6) is 17.2 Å². The molecule has 3 aromatic rings. The van der Waals surface area contributed by atoms with Gasteiger partial charge in [-0.15, -0.1) is 0 Å². The Morgan fingerprint density at radius 2 is 1.25 bits per heavy atom. The maximum atomic E-state index is 10.9. The van der Waals surface area contributed by atoms with Crippen LogP contribution in [-0.4, -0.2) is 15.3 Å². The number of hydrogen-bond donors (Lipinski definition) is 3. The molecule has 0 unspecified atom stereocenters. The summed E-state index contributed by atoms with van der Waals surface area (Å²) in [7, 11) is 0. The minimum absolute atomic E-state index is 0.286. The summed E-state index contributed by atoms with van der Waals surface area (Å²) in [6.45, 7) is 3.90. The van der Waals surface area contributed by atoms with Gasteiger partial charge in [-0.1, -0.05) is 65.9 Å². The van der Waals surface area contributed by atoms with Crippen molar-refractivity contribution in [3.8, 4) is 17.2 Å². The molecule has 0 aliphatic heterocycles. The summed E-state index contributed by atoms with van der Waals surface area (Å²) in [5.41, 5.74) is 6.84. The van der Waals surface area contributed by atoms with Gasteiger partial charge in [0.1, 0.15) is 17.2 Å². The molecular weight excluding hydrogens is 463 g/mol. The van der Waals surface area contributed by atoms with E-state index < -0.39 is 0 Å². The lowest BCUT2D eigenvalue weighted by Gasteiger charge is -2.14. The number of rotatable bonds is 6. The van der Waals surface area contributed by atoms with Crippen LogP contribution in [0.1, 0.15) is 45.9 Å². The van der Waals surface area contributed by atoms with Crippen molar-refractivity contribution in [2.75, 3.05) is 0 Å². The highest BCUT2D eigenvalue weighted by Crippen LogP contribution is 2.31. The van der Waals surface area contributed by atoms with Crippen LogP contribution < -0.4 is 0 Å². The smallest absolute Gasteiger partial charge is 0.122 e. The molecule has 146 valence electrons. The molecule has 3 nitrogen and oxygen atoms in total. The zero-order chi connectivity index (χ0) is 20.3. The standard InChI is InChI=1S/C24H25IO3/c1-3-19-9-17(5-7-23(19)27)11-21-13-18(14-25)12-20(24(21)28)10-16-4-6-22(26)15(2)8-16/h4-9,12-13,26-28H,3,10-11,14H2,1-2H3. The molecule has 0 heterocycles. The zero-order valence-corrected chi connectivity index (χ0v) is 18.3. The first-order valence-corrected chi connectivity index (χ1v) is 10.9. The van der Waals surface area contributed by atoms with E-state index in [0.29, 0.717) is 24.3 Å². The summed E-state index contributed by atoms with van der Waals surface area (Å²) in [4.78, 5) is 0. The van der Waals surface area contributed by atoms with Gasteiger partial charge in [0.2, 0.25) is 0 Å². The predicted molar refractivity (Wildman–Crippen MR) is 122 cm³/mol. The largest absolute Gasteiger partial charge is 0.508 e. The van der Waals surface area contributed by atoms with Gasteiger partial charge < -0.3 is 15.3 Å². The van der Waals surface area contributed by atoms with E-state index in [1.165, 1.54) is 5.56 Å². The number of phenols is 3. The van der Waals surface area contributed by atoms with Gasteiger partial charge in [0.05, 0.1) is 0 Å². The summed E-state index contributed by atoms with van der Waals surface area (Å²) in [6, 6.07) is 15.3. The average Bonchev–Trinajstić information content (AvgIpc) is 2.69. The van der Waals surface area contributed by atoms with Gasteiger partial charge in [-0.25, -0.2) is 0 Å². The highest BCUT2D eigenvalue weighted by atomic mass is 127. The van der Waals surface area contributed by atoms with Gasteiger partial charge in [-0.3, -0.25) is 0 Å². The Morgan fingerprint density at radius 3 is 1.79 bits per heavy atom. The molecule has 0 spiro atoms. The lowest BCUT2D eigenvalue weighted by Crippen LogP contribution is -1.98. The fourth-order valence-electron chi connectivity index (χ4n) is 3.48.